The summed E-state index contributed by atoms with van der Waals surface area (Å²) in [6.07, 6.45) is 4.30. The van der Waals surface area contributed by atoms with Gasteiger partial charge in [-0.3, -0.25) is 0 Å². The Bertz CT molecular complexity index is 408. The zero-order valence-corrected chi connectivity index (χ0v) is 11.3. The molecule has 1 aromatic carbocycles. The molecule has 0 aromatic heterocycles. The van der Waals surface area contributed by atoms with E-state index in [1.54, 1.807) is 7.11 Å². The first-order valence-corrected chi connectivity index (χ1v) is 6.12. The molecule has 0 aliphatic heterocycles. The molecule has 2 heteroatoms. The molecule has 0 heterocycles. The fraction of sp³-hybridized carbons (Fsp3) is 0.467. The van der Waals surface area contributed by atoms with Crippen molar-refractivity contribution < 1.29 is 4.74 Å². The second kappa shape index (κ2) is 6.45. The lowest BCUT2D eigenvalue weighted by Crippen LogP contribution is -1.97. The number of aryl methyl sites for hydroxylation is 2. The Morgan fingerprint density at radius 2 is 2.06 bits per heavy atom. The maximum Gasteiger partial charge on any atom is 0.129 e. The normalized spacial score (nSPS) is 11.7. The lowest BCUT2D eigenvalue weighted by Gasteiger charge is -2.13. The highest BCUT2D eigenvalue weighted by atomic mass is 16.5. The summed E-state index contributed by atoms with van der Waals surface area (Å²) in [5.41, 5.74) is 10.4. The second-order valence-electron chi connectivity index (χ2n) is 4.48. The smallest absolute Gasteiger partial charge is 0.129 e. The molecule has 0 saturated carbocycles. The lowest BCUT2D eigenvalue weighted by molar-refractivity contribution is 0.410. The Hall–Kier alpha value is -1.28. The van der Waals surface area contributed by atoms with Crippen LogP contribution in [-0.4, -0.2) is 13.7 Å². The fourth-order valence-electron chi connectivity index (χ4n) is 2.06. The third-order valence-electron chi connectivity index (χ3n) is 2.91. The molecule has 2 N–H and O–H groups in total. The van der Waals surface area contributed by atoms with Crippen molar-refractivity contribution in [2.75, 3.05) is 13.7 Å². The highest BCUT2D eigenvalue weighted by molar-refractivity contribution is 5.71. The van der Waals surface area contributed by atoms with E-state index in [4.69, 9.17) is 10.5 Å². The first-order valence-electron chi connectivity index (χ1n) is 6.12. The van der Waals surface area contributed by atoms with E-state index < -0.39 is 0 Å². The molecular formula is C15H23NO. The van der Waals surface area contributed by atoms with Gasteiger partial charge in [0, 0.05) is 5.56 Å². The van der Waals surface area contributed by atoms with Crippen molar-refractivity contribution in [1.29, 1.82) is 0 Å². The van der Waals surface area contributed by atoms with Gasteiger partial charge in [0.05, 0.1) is 7.11 Å². The molecule has 0 radical (unpaired) electrons. The Kier molecular flexibility index (Phi) is 5.23. The van der Waals surface area contributed by atoms with Gasteiger partial charge in [-0.2, -0.15) is 0 Å². The van der Waals surface area contributed by atoms with Crippen LogP contribution < -0.4 is 10.5 Å². The molecule has 2 nitrogen and oxygen atoms in total. The van der Waals surface area contributed by atoms with Gasteiger partial charge < -0.3 is 10.5 Å². The Balaban J connectivity index is 3.07. The molecule has 1 rings (SSSR count). The van der Waals surface area contributed by atoms with Crippen LogP contribution in [0.2, 0.25) is 0 Å². The van der Waals surface area contributed by atoms with Crippen molar-refractivity contribution in [3.63, 3.8) is 0 Å². The SMILES string of the molecule is COc1c(C)cc(C)cc1/C(C)=C/CCCN. The first kappa shape index (κ1) is 13.8. The fourth-order valence-corrected chi connectivity index (χ4v) is 2.06. The molecule has 17 heavy (non-hydrogen) atoms. The molecule has 0 aliphatic carbocycles. The zero-order valence-electron chi connectivity index (χ0n) is 11.3. The monoisotopic (exact) mass is 233 g/mol. The molecule has 0 spiro atoms. The van der Waals surface area contributed by atoms with Gasteiger partial charge in [0.25, 0.3) is 0 Å². The van der Waals surface area contributed by atoms with E-state index >= 15 is 0 Å². The molecule has 0 saturated heterocycles. The van der Waals surface area contributed by atoms with Crippen LogP contribution in [0.15, 0.2) is 18.2 Å². The predicted molar refractivity (Wildman–Crippen MR) is 74.4 cm³/mol. The van der Waals surface area contributed by atoms with Crippen molar-refractivity contribution >= 4 is 5.57 Å². The topological polar surface area (TPSA) is 35.2 Å². The van der Waals surface area contributed by atoms with Crippen LogP contribution in [0.4, 0.5) is 0 Å². The van der Waals surface area contributed by atoms with Gasteiger partial charge in [0.2, 0.25) is 0 Å². The number of methoxy groups -OCH3 is 1. The van der Waals surface area contributed by atoms with Crippen molar-refractivity contribution in [2.45, 2.75) is 33.6 Å². The van der Waals surface area contributed by atoms with E-state index in [0.717, 1.165) is 25.1 Å². The largest absolute Gasteiger partial charge is 0.496 e. The van der Waals surface area contributed by atoms with Crippen LogP contribution in [0, 0.1) is 13.8 Å². The van der Waals surface area contributed by atoms with Gasteiger partial charge in [0.15, 0.2) is 0 Å². The van der Waals surface area contributed by atoms with E-state index in [1.165, 1.54) is 22.3 Å². The third kappa shape index (κ3) is 3.60. The summed E-state index contributed by atoms with van der Waals surface area (Å²) >= 11 is 0. The summed E-state index contributed by atoms with van der Waals surface area (Å²) in [6.45, 7) is 7.08. The Morgan fingerprint density at radius 1 is 1.35 bits per heavy atom. The van der Waals surface area contributed by atoms with Crippen LogP contribution in [0.25, 0.3) is 5.57 Å². The summed E-state index contributed by atoms with van der Waals surface area (Å²) in [4.78, 5) is 0. The van der Waals surface area contributed by atoms with Gasteiger partial charge in [-0.25, -0.2) is 0 Å². The van der Waals surface area contributed by atoms with Gasteiger partial charge in [0.1, 0.15) is 5.75 Å². The van der Waals surface area contributed by atoms with E-state index in [2.05, 4.69) is 39.0 Å². The summed E-state index contributed by atoms with van der Waals surface area (Å²) in [6, 6.07) is 4.33. The van der Waals surface area contributed by atoms with Gasteiger partial charge in [-0.05, 0) is 62.9 Å². The van der Waals surface area contributed by atoms with E-state index in [0.29, 0.717) is 0 Å². The quantitative estimate of drug-likeness (QED) is 0.790. The number of hydrogen-bond acceptors (Lipinski definition) is 2. The maximum absolute atomic E-state index is 5.50. The van der Waals surface area contributed by atoms with Gasteiger partial charge >= 0.3 is 0 Å². The van der Waals surface area contributed by atoms with Gasteiger partial charge in [-0.15, -0.1) is 0 Å². The lowest BCUT2D eigenvalue weighted by atomic mass is 9.99. The standard InChI is InChI=1S/C15H23NO/c1-11-9-13(3)15(17-4)14(10-11)12(2)7-5-6-8-16/h7,9-10H,5-6,8,16H2,1-4H3/b12-7+. The van der Waals surface area contributed by atoms with Gasteiger partial charge in [-0.1, -0.05) is 12.1 Å². The molecule has 0 atom stereocenters. The minimum atomic E-state index is 0.744. The Labute approximate surface area is 104 Å². The number of hydrogen-bond donors (Lipinski definition) is 1. The van der Waals surface area contributed by atoms with Crippen LogP contribution in [0.3, 0.4) is 0 Å². The minimum absolute atomic E-state index is 0.744. The first-order chi connectivity index (χ1) is 8.10. The van der Waals surface area contributed by atoms with Crippen molar-refractivity contribution in [3.8, 4) is 5.75 Å². The van der Waals surface area contributed by atoms with E-state index in [9.17, 15) is 0 Å². The van der Waals surface area contributed by atoms with Crippen LogP contribution >= 0.6 is 0 Å². The summed E-state index contributed by atoms with van der Waals surface area (Å²) in [5.74, 6) is 0.983. The van der Waals surface area contributed by atoms with Crippen molar-refractivity contribution in [2.24, 2.45) is 5.73 Å². The van der Waals surface area contributed by atoms with Crippen LogP contribution in [0.5, 0.6) is 5.75 Å². The zero-order chi connectivity index (χ0) is 12.8. The summed E-state index contributed by atoms with van der Waals surface area (Å²) in [5, 5.41) is 0. The third-order valence-corrected chi connectivity index (χ3v) is 2.91. The number of benzene rings is 1. The highest BCUT2D eigenvalue weighted by Gasteiger charge is 2.08. The van der Waals surface area contributed by atoms with Crippen LogP contribution in [-0.2, 0) is 0 Å². The number of nitrogens with two attached hydrogens (primary N) is 1. The maximum atomic E-state index is 5.50. The van der Waals surface area contributed by atoms with Crippen LogP contribution in [0.1, 0.15) is 36.5 Å². The minimum Gasteiger partial charge on any atom is -0.496 e. The van der Waals surface area contributed by atoms with Crippen molar-refractivity contribution in [3.05, 3.63) is 34.9 Å². The predicted octanol–water partition coefficient (Wildman–Crippen LogP) is 3.45. The molecule has 1 aromatic rings. The summed E-state index contributed by atoms with van der Waals surface area (Å²) < 4.78 is 5.49. The van der Waals surface area contributed by atoms with E-state index in [1.807, 2.05) is 0 Å². The second-order valence-corrected chi connectivity index (χ2v) is 4.48. The molecular weight excluding hydrogens is 210 g/mol. The molecule has 0 fully saturated rings. The number of allylic oxidation sites excluding steroid dienone is 2. The molecule has 94 valence electrons. The molecule has 0 amide bonds. The highest BCUT2D eigenvalue weighted by Crippen LogP contribution is 2.30. The van der Waals surface area contributed by atoms with E-state index in [-0.39, 0.29) is 0 Å². The number of unbranched alkanes of at least 4 members (excludes halogenated alkanes) is 1. The molecule has 0 unspecified atom stereocenters. The number of rotatable bonds is 5. The average molecular weight is 233 g/mol. The summed E-state index contributed by atoms with van der Waals surface area (Å²) in [7, 11) is 1.73. The average Bonchev–Trinajstić information content (AvgIpc) is 2.28. The molecule has 0 bridgehead atoms. The number of ether oxygens (including phenoxy) is 1. The molecule has 0 aliphatic rings. The van der Waals surface area contributed by atoms with Crippen molar-refractivity contribution in [1.82, 2.24) is 0 Å². The Morgan fingerprint density at radius 3 is 2.65 bits per heavy atom.